The fourth-order valence-corrected chi connectivity index (χ4v) is 4.52. The van der Waals surface area contributed by atoms with Gasteiger partial charge in [-0.2, -0.15) is 0 Å². The van der Waals surface area contributed by atoms with Crippen LogP contribution in [0.1, 0.15) is 84.5 Å². The van der Waals surface area contributed by atoms with E-state index in [-0.39, 0.29) is 0 Å². The van der Waals surface area contributed by atoms with E-state index in [0.29, 0.717) is 0 Å². The second kappa shape index (κ2) is 8.12. The summed E-state index contributed by atoms with van der Waals surface area (Å²) in [6.07, 6.45) is 21.2. The third kappa shape index (κ3) is 4.97. The molecule has 0 N–H and O–H groups in total. The van der Waals surface area contributed by atoms with Gasteiger partial charge in [0.1, 0.15) is 0 Å². The molecule has 2 fully saturated rings. The van der Waals surface area contributed by atoms with Crippen molar-refractivity contribution in [1.82, 2.24) is 0 Å². The third-order valence-electron chi connectivity index (χ3n) is 5.69. The highest BCUT2D eigenvalue weighted by atomic mass is 14.3. The zero-order valence-corrected chi connectivity index (χ0v) is 13.2. The fourth-order valence-electron chi connectivity index (χ4n) is 4.52. The molecule has 0 aliphatic heterocycles. The molecule has 2 rings (SSSR count). The normalized spacial score (nSPS) is 36.7. The van der Waals surface area contributed by atoms with Crippen molar-refractivity contribution in [3.63, 3.8) is 0 Å². The van der Waals surface area contributed by atoms with Crippen LogP contribution in [-0.4, -0.2) is 0 Å². The van der Waals surface area contributed by atoms with Crippen molar-refractivity contribution >= 4 is 0 Å². The second-order valence-electron chi connectivity index (χ2n) is 7.22. The SMILES string of the molecule is C/C=C/C1CCC(CC2CCC(CCC)CC2)CC1. The van der Waals surface area contributed by atoms with Crippen LogP contribution < -0.4 is 0 Å². The van der Waals surface area contributed by atoms with Crippen LogP contribution in [0.25, 0.3) is 0 Å². The van der Waals surface area contributed by atoms with E-state index in [4.69, 9.17) is 0 Å². The van der Waals surface area contributed by atoms with E-state index >= 15 is 0 Å². The van der Waals surface area contributed by atoms with Gasteiger partial charge in [0.05, 0.1) is 0 Å². The van der Waals surface area contributed by atoms with Gasteiger partial charge in [-0.3, -0.25) is 0 Å². The van der Waals surface area contributed by atoms with Crippen molar-refractivity contribution in [1.29, 1.82) is 0 Å². The summed E-state index contributed by atoms with van der Waals surface area (Å²) in [5, 5.41) is 0. The predicted molar refractivity (Wildman–Crippen MR) is 85.2 cm³/mol. The van der Waals surface area contributed by atoms with Gasteiger partial charge in [-0.1, -0.05) is 57.6 Å². The number of rotatable bonds is 5. The van der Waals surface area contributed by atoms with Gasteiger partial charge < -0.3 is 0 Å². The van der Waals surface area contributed by atoms with Crippen molar-refractivity contribution in [3.05, 3.63) is 12.2 Å². The van der Waals surface area contributed by atoms with Gasteiger partial charge in [-0.05, 0) is 62.7 Å². The van der Waals surface area contributed by atoms with E-state index in [1.165, 1.54) is 51.4 Å². The van der Waals surface area contributed by atoms with Crippen LogP contribution in [0.3, 0.4) is 0 Å². The summed E-state index contributed by atoms with van der Waals surface area (Å²) in [6, 6.07) is 0. The van der Waals surface area contributed by atoms with Crippen LogP contribution in [0.15, 0.2) is 12.2 Å². The van der Waals surface area contributed by atoms with Crippen molar-refractivity contribution in [2.45, 2.75) is 84.5 Å². The van der Waals surface area contributed by atoms with Gasteiger partial charge in [0.15, 0.2) is 0 Å². The highest BCUT2D eigenvalue weighted by Gasteiger charge is 2.25. The van der Waals surface area contributed by atoms with Gasteiger partial charge in [-0.25, -0.2) is 0 Å². The Kier molecular flexibility index (Phi) is 6.47. The first-order valence-corrected chi connectivity index (χ1v) is 8.94. The molecule has 0 spiro atoms. The average Bonchev–Trinajstić information content (AvgIpc) is 2.44. The summed E-state index contributed by atoms with van der Waals surface area (Å²) in [5.74, 6) is 4.12. The first-order valence-electron chi connectivity index (χ1n) is 8.94. The van der Waals surface area contributed by atoms with Gasteiger partial charge >= 0.3 is 0 Å². The van der Waals surface area contributed by atoms with Crippen LogP contribution in [0.5, 0.6) is 0 Å². The maximum atomic E-state index is 2.44. The quantitative estimate of drug-likeness (QED) is 0.505. The first-order chi connectivity index (χ1) is 9.31. The average molecular weight is 262 g/mol. The summed E-state index contributed by atoms with van der Waals surface area (Å²) < 4.78 is 0. The highest BCUT2D eigenvalue weighted by Crippen LogP contribution is 2.39. The monoisotopic (exact) mass is 262 g/mol. The largest absolute Gasteiger partial charge is 0.0914 e. The molecule has 19 heavy (non-hydrogen) atoms. The lowest BCUT2D eigenvalue weighted by atomic mass is 9.72. The lowest BCUT2D eigenvalue weighted by molar-refractivity contribution is 0.196. The van der Waals surface area contributed by atoms with Crippen LogP contribution in [0.2, 0.25) is 0 Å². The zero-order valence-electron chi connectivity index (χ0n) is 13.2. The first kappa shape index (κ1) is 15.1. The van der Waals surface area contributed by atoms with Crippen molar-refractivity contribution in [2.75, 3.05) is 0 Å². The molecule has 0 aromatic heterocycles. The molecule has 0 radical (unpaired) electrons. The van der Waals surface area contributed by atoms with Crippen molar-refractivity contribution < 1.29 is 0 Å². The minimum Gasteiger partial charge on any atom is -0.0914 e. The minimum atomic E-state index is 0.904. The zero-order chi connectivity index (χ0) is 13.5. The maximum Gasteiger partial charge on any atom is -0.0233 e. The van der Waals surface area contributed by atoms with Crippen LogP contribution in [0.4, 0.5) is 0 Å². The van der Waals surface area contributed by atoms with Crippen molar-refractivity contribution in [3.8, 4) is 0 Å². The Balaban J connectivity index is 1.64. The number of hydrogen-bond acceptors (Lipinski definition) is 0. The van der Waals surface area contributed by atoms with Crippen LogP contribution >= 0.6 is 0 Å². The third-order valence-corrected chi connectivity index (χ3v) is 5.69. The summed E-state index contributed by atoms with van der Waals surface area (Å²) in [4.78, 5) is 0. The summed E-state index contributed by atoms with van der Waals surface area (Å²) in [5.41, 5.74) is 0. The van der Waals surface area contributed by atoms with E-state index in [1.54, 1.807) is 19.3 Å². The Bertz CT molecular complexity index is 249. The van der Waals surface area contributed by atoms with Gasteiger partial charge in [0.25, 0.3) is 0 Å². The van der Waals surface area contributed by atoms with E-state index in [1.807, 2.05) is 0 Å². The lowest BCUT2D eigenvalue weighted by Gasteiger charge is -2.33. The molecule has 0 aromatic rings. The van der Waals surface area contributed by atoms with Crippen LogP contribution in [-0.2, 0) is 0 Å². The summed E-state index contributed by atoms with van der Waals surface area (Å²) >= 11 is 0. The Morgan fingerprint density at radius 1 is 0.789 bits per heavy atom. The van der Waals surface area contributed by atoms with Crippen molar-refractivity contribution in [2.24, 2.45) is 23.7 Å². The molecule has 0 saturated heterocycles. The molecule has 0 aromatic carbocycles. The van der Waals surface area contributed by atoms with E-state index in [9.17, 15) is 0 Å². The molecular formula is C19H34. The molecule has 0 atom stereocenters. The van der Waals surface area contributed by atoms with E-state index in [0.717, 1.165) is 23.7 Å². The molecule has 110 valence electrons. The molecule has 2 saturated carbocycles. The molecule has 0 heteroatoms. The molecule has 0 heterocycles. The Morgan fingerprint density at radius 3 is 1.84 bits per heavy atom. The Hall–Kier alpha value is -0.260. The topological polar surface area (TPSA) is 0 Å². The second-order valence-corrected chi connectivity index (χ2v) is 7.22. The standard InChI is InChI=1S/C19H34/c1-3-5-16-7-11-18(12-8-16)15-19-13-9-17(6-4-2)10-14-19/h3,5,16-19H,4,6-15H2,1-2H3/b5-3+. The molecule has 0 bridgehead atoms. The fraction of sp³-hybridized carbons (Fsp3) is 0.895. The van der Waals surface area contributed by atoms with Gasteiger partial charge in [-0.15, -0.1) is 0 Å². The molecule has 0 amide bonds. The minimum absolute atomic E-state index is 0.904. The highest BCUT2D eigenvalue weighted by molar-refractivity contribution is 4.89. The van der Waals surface area contributed by atoms with Gasteiger partial charge in [0.2, 0.25) is 0 Å². The summed E-state index contributed by atoms with van der Waals surface area (Å²) in [6.45, 7) is 4.51. The Morgan fingerprint density at radius 2 is 1.32 bits per heavy atom. The lowest BCUT2D eigenvalue weighted by Crippen LogP contribution is -2.20. The number of allylic oxidation sites excluding steroid dienone is 2. The Labute approximate surface area is 121 Å². The molecule has 2 aliphatic carbocycles. The molecule has 0 nitrogen and oxygen atoms in total. The predicted octanol–water partition coefficient (Wildman–Crippen LogP) is 6.37. The van der Waals surface area contributed by atoms with Gasteiger partial charge in [0, 0.05) is 0 Å². The van der Waals surface area contributed by atoms with E-state index in [2.05, 4.69) is 26.0 Å². The van der Waals surface area contributed by atoms with Crippen LogP contribution in [0, 0.1) is 23.7 Å². The molecular weight excluding hydrogens is 228 g/mol. The van der Waals surface area contributed by atoms with E-state index < -0.39 is 0 Å². The smallest absolute Gasteiger partial charge is 0.0233 e. The molecule has 0 unspecified atom stereocenters. The molecule has 2 aliphatic rings. The summed E-state index contributed by atoms with van der Waals surface area (Å²) in [7, 11) is 0. The maximum absolute atomic E-state index is 2.44. The number of hydrogen-bond donors (Lipinski definition) is 0.